The number of rotatable bonds is 9. The van der Waals surface area contributed by atoms with Gasteiger partial charge in [0, 0.05) is 0 Å². The lowest BCUT2D eigenvalue weighted by Gasteiger charge is -2.58. The molecule has 4 bridgehead atoms. The lowest BCUT2D eigenvalue weighted by Crippen LogP contribution is -2.49. The first-order chi connectivity index (χ1) is 14.9. The average Bonchev–Trinajstić information content (AvgIpc) is 3.65. The third kappa shape index (κ3) is 3.88. The second-order valence-corrected chi connectivity index (χ2v) is 11.8. The maximum absolute atomic E-state index is 6.33. The molecule has 0 aromatic heterocycles. The van der Waals surface area contributed by atoms with Crippen LogP contribution in [0.4, 0.5) is 0 Å². The van der Waals surface area contributed by atoms with Crippen molar-refractivity contribution >= 4 is 0 Å². The molecule has 1 aromatic rings. The van der Waals surface area contributed by atoms with Gasteiger partial charge in [0.15, 0.2) is 11.5 Å². The second-order valence-electron chi connectivity index (χ2n) is 11.8. The normalized spacial score (nSPS) is 37.7. The number of hydrogen-bond acceptors (Lipinski definition) is 4. The maximum atomic E-state index is 6.33. The largest absolute Gasteiger partial charge is 0.487 e. The summed E-state index contributed by atoms with van der Waals surface area (Å²) in [5.74, 6) is 4.58. The van der Waals surface area contributed by atoms with Crippen LogP contribution in [0.1, 0.15) is 76.8 Å². The molecule has 4 aliphatic carbocycles. The number of ether oxygens (including phenoxy) is 4. The standard InChI is InChI=1S/C27H38O4/c1-4-26(2,3)22-8-24(30-15-20-13-28-20)25(31-16-21-14-29-21)9-23(22)27-10-17-5-18(11-27)7-19(6-17)12-27/h8-9,17-21H,4-7,10-16H2,1-3H3. The van der Waals surface area contributed by atoms with E-state index in [1.54, 1.807) is 5.56 Å². The van der Waals surface area contributed by atoms with Gasteiger partial charge in [-0.2, -0.15) is 0 Å². The van der Waals surface area contributed by atoms with E-state index in [2.05, 4.69) is 32.9 Å². The van der Waals surface area contributed by atoms with E-state index in [4.69, 9.17) is 18.9 Å². The number of epoxide rings is 2. The van der Waals surface area contributed by atoms with E-state index in [1.165, 1.54) is 44.1 Å². The Kier molecular flexibility index (Phi) is 4.85. The molecule has 0 amide bonds. The fourth-order valence-corrected chi connectivity index (χ4v) is 7.11. The van der Waals surface area contributed by atoms with Crippen molar-refractivity contribution in [2.75, 3.05) is 26.4 Å². The first-order valence-corrected chi connectivity index (χ1v) is 12.6. The Morgan fingerprint density at radius 2 is 1.35 bits per heavy atom. The zero-order valence-electron chi connectivity index (χ0n) is 19.5. The van der Waals surface area contributed by atoms with Gasteiger partial charge in [-0.1, -0.05) is 20.8 Å². The molecular weight excluding hydrogens is 388 g/mol. The highest BCUT2D eigenvalue weighted by molar-refractivity contribution is 5.53. The molecule has 4 heteroatoms. The van der Waals surface area contributed by atoms with E-state index in [9.17, 15) is 0 Å². The van der Waals surface area contributed by atoms with Crippen molar-refractivity contribution in [3.05, 3.63) is 23.3 Å². The molecule has 6 aliphatic rings. The Hall–Kier alpha value is -1.26. The quantitative estimate of drug-likeness (QED) is 0.496. The fourth-order valence-electron chi connectivity index (χ4n) is 7.11. The van der Waals surface area contributed by atoms with Gasteiger partial charge in [0.1, 0.15) is 25.4 Å². The third-order valence-electron chi connectivity index (χ3n) is 8.96. The Morgan fingerprint density at radius 1 is 0.871 bits per heavy atom. The Labute approximate surface area is 187 Å². The van der Waals surface area contributed by atoms with Crippen molar-refractivity contribution in [3.8, 4) is 11.5 Å². The minimum Gasteiger partial charge on any atom is -0.487 e. The van der Waals surface area contributed by atoms with Crippen LogP contribution in [0.5, 0.6) is 11.5 Å². The lowest BCUT2D eigenvalue weighted by molar-refractivity contribution is -0.00614. The summed E-state index contributed by atoms with van der Waals surface area (Å²) in [6.45, 7) is 9.97. The van der Waals surface area contributed by atoms with Gasteiger partial charge in [0.05, 0.1) is 13.2 Å². The van der Waals surface area contributed by atoms with Crippen LogP contribution in [-0.4, -0.2) is 38.6 Å². The van der Waals surface area contributed by atoms with Crippen molar-refractivity contribution in [2.24, 2.45) is 17.8 Å². The summed E-state index contributed by atoms with van der Waals surface area (Å²) < 4.78 is 23.4. The monoisotopic (exact) mass is 426 g/mol. The van der Waals surface area contributed by atoms with Crippen LogP contribution >= 0.6 is 0 Å². The minimum atomic E-state index is 0.116. The second kappa shape index (κ2) is 7.38. The zero-order valence-corrected chi connectivity index (χ0v) is 19.5. The van der Waals surface area contributed by atoms with Crippen LogP contribution in [0.2, 0.25) is 0 Å². The fraction of sp³-hybridized carbons (Fsp3) is 0.778. The molecule has 0 radical (unpaired) electrons. The van der Waals surface area contributed by atoms with Crippen molar-refractivity contribution in [1.82, 2.24) is 0 Å². The van der Waals surface area contributed by atoms with Gasteiger partial charge >= 0.3 is 0 Å². The SMILES string of the molecule is CCC(C)(C)c1cc(OCC2CO2)c(OCC2CO2)cc1C12CC3CC(CC(C3)C1)C2. The van der Waals surface area contributed by atoms with E-state index in [0.29, 0.717) is 18.6 Å². The van der Waals surface area contributed by atoms with Crippen LogP contribution in [0.15, 0.2) is 12.1 Å². The van der Waals surface area contributed by atoms with Crippen LogP contribution in [0.3, 0.4) is 0 Å². The summed E-state index contributed by atoms with van der Waals surface area (Å²) in [5.41, 5.74) is 3.51. The van der Waals surface area contributed by atoms with Gasteiger partial charge in [0.2, 0.25) is 0 Å². The highest BCUT2D eigenvalue weighted by Gasteiger charge is 2.53. The predicted molar refractivity (Wildman–Crippen MR) is 120 cm³/mol. The smallest absolute Gasteiger partial charge is 0.161 e. The molecule has 2 saturated heterocycles. The van der Waals surface area contributed by atoms with Crippen molar-refractivity contribution < 1.29 is 18.9 Å². The summed E-state index contributed by atoms with van der Waals surface area (Å²) in [7, 11) is 0. The molecule has 2 aliphatic heterocycles. The summed E-state index contributed by atoms with van der Waals surface area (Å²) in [5, 5.41) is 0. The molecule has 7 rings (SSSR count). The molecule has 0 spiro atoms. The summed E-state index contributed by atoms with van der Waals surface area (Å²) in [4.78, 5) is 0. The molecule has 170 valence electrons. The van der Waals surface area contributed by atoms with Gasteiger partial charge in [-0.3, -0.25) is 0 Å². The van der Waals surface area contributed by atoms with Crippen LogP contribution in [-0.2, 0) is 20.3 Å². The maximum Gasteiger partial charge on any atom is 0.161 e. The first kappa shape index (κ1) is 20.4. The van der Waals surface area contributed by atoms with Gasteiger partial charge in [0.25, 0.3) is 0 Å². The Morgan fingerprint density at radius 3 is 1.81 bits per heavy atom. The molecule has 31 heavy (non-hydrogen) atoms. The number of benzene rings is 1. The highest BCUT2D eigenvalue weighted by atomic mass is 16.6. The van der Waals surface area contributed by atoms with E-state index < -0.39 is 0 Å². The van der Waals surface area contributed by atoms with Gasteiger partial charge < -0.3 is 18.9 Å². The van der Waals surface area contributed by atoms with E-state index >= 15 is 0 Å². The molecule has 2 atom stereocenters. The summed E-state index contributed by atoms with van der Waals surface area (Å²) in [6.07, 6.45) is 10.1. The molecule has 1 aromatic carbocycles. The van der Waals surface area contributed by atoms with Crippen molar-refractivity contribution in [2.45, 2.75) is 88.8 Å². The topological polar surface area (TPSA) is 43.5 Å². The Bertz CT molecular complexity index is 801. The van der Waals surface area contributed by atoms with Crippen LogP contribution in [0, 0.1) is 17.8 Å². The summed E-state index contributed by atoms with van der Waals surface area (Å²) >= 11 is 0. The van der Waals surface area contributed by atoms with Crippen LogP contribution in [0.25, 0.3) is 0 Å². The van der Waals surface area contributed by atoms with Crippen molar-refractivity contribution in [3.63, 3.8) is 0 Å². The van der Waals surface area contributed by atoms with E-state index in [1.807, 2.05) is 0 Å². The zero-order chi connectivity index (χ0) is 21.2. The molecule has 4 saturated carbocycles. The minimum absolute atomic E-state index is 0.116. The third-order valence-corrected chi connectivity index (χ3v) is 8.96. The van der Waals surface area contributed by atoms with Crippen molar-refractivity contribution in [1.29, 1.82) is 0 Å². The van der Waals surface area contributed by atoms with Gasteiger partial charge in [-0.25, -0.2) is 0 Å². The van der Waals surface area contributed by atoms with E-state index in [-0.39, 0.29) is 17.6 Å². The van der Waals surface area contributed by atoms with E-state index in [0.717, 1.165) is 48.9 Å². The molecule has 2 unspecified atom stereocenters. The summed E-state index contributed by atoms with van der Waals surface area (Å²) in [6, 6.07) is 4.73. The molecular formula is C27H38O4. The number of hydrogen-bond donors (Lipinski definition) is 0. The lowest BCUT2D eigenvalue weighted by atomic mass is 9.47. The molecule has 4 nitrogen and oxygen atoms in total. The molecule has 0 N–H and O–H groups in total. The Balaban J connectivity index is 1.42. The van der Waals surface area contributed by atoms with Crippen LogP contribution < -0.4 is 9.47 Å². The predicted octanol–water partition coefficient (Wildman–Crippen LogP) is 5.40. The average molecular weight is 427 g/mol. The molecule has 6 fully saturated rings. The van der Waals surface area contributed by atoms with Gasteiger partial charge in [-0.15, -0.1) is 0 Å². The first-order valence-electron chi connectivity index (χ1n) is 12.6. The highest BCUT2D eigenvalue weighted by Crippen LogP contribution is 2.62. The van der Waals surface area contributed by atoms with Gasteiger partial charge in [-0.05, 0) is 96.8 Å². The molecule has 2 heterocycles.